The number of nitrogens with one attached hydrogen (secondary N) is 1. The van der Waals surface area contributed by atoms with Crippen molar-refractivity contribution in [2.24, 2.45) is 10.7 Å². The van der Waals surface area contributed by atoms with Crippen LogP contribution in [0.1, 0.15) is 5.56 Å². The van der Waals surface area contributed by atoms with Gasteiger partial charge in [0.05, 0.1) is 6.20 Å². The molecule has 3 N–H and O–H groups in total. The highest BCUT2D eigenvalue weighted by Crippen LogP contribution is 2.15. The highest BCUT2D eigenvalue weighted by Gasteiger charge is 2.01. The second kappa shape index (κ2) is 2.70. The minimum Gasteiger partial charge on any atom is -0.384 e. The predicted molar refractivity (Wildman–Crippen MR) is 49.9 cm³/mol. The van der Waals surface area contributed by atoms with E-state index in [1.165, 1.54) is 0 Å². The lowest BCUT2D eigenvalue weighted by Crippen LogP contribution is -2.08. The van der Waals surface area contributed by atoms with Crippen LogP contribution in [0.15, 0.2) is 41.3 Å². The van der Waals surface area contributed by atoms with Crippen molar-refractivity contribution >= 4 is 11.9 Å². The van der Waals surface area contributed by atoms with Crippen LogP contribution >= 0.6 is 0 Å². The van der Waals surface area contributed by atoms with E-state index >= 15 is 0 Å². The number of aliphatic imine (C=N–C) groups is 1. The first-order valence-electron chi connectivity index (χ1n) is 3.71. The number of para-hydroxylation sites is 1. The molecule has 1 aromatic carbocycles. The number of hydrogen-bond donors (Lipinski definition) is 2. The fourth-order valence-corrected chi connectivity index (χ4v) is 1.11. The number of fused-ring (bicyclic) bond motifs is 1. The molecule has 1 heterocycles. The van der Waals surface area contributed by atoms with Gasteiger partial charge in [0, 0.05) is 17.5 Å². The first-order chi connectivity index (χ1) is 5.86. The largest absolute Gasteiger partial charge is 0.384 e. The maximum absolute atomic E-state index is 5.59. The second-order valence-electron chi connectivity index (χ2n) is 2.57. The molecule has 0 fully saturated rings. The van der Waals surface area contributed by atoms with Gasteiger partial charge >= 0.3 is 0 Å². The molecule has 0 saturated heterocycles. The standard InChI is InChI=1S/C9H9N3/c10-9-6-11-5-7-3-1-2-4-8(7)12-9/h1-6,12H,10H2. The molecule has 0 bridgehead atoms. The van der Waals surface area contributed by atoms with Crippen LogP contribution in [0.2, 0.25) is 0 Å². The Hall–Kier alpha value is -1.77. The van der Waals surface area contributed by atoms with Crippen LogP contribution in [0.4, 0.5) is 5.69 Å². The van der Waals surface area contributed by atoms with E-state index < -0.39 is 0 Å². The first-order valence-corrected chi connectivity index (χ1v) is 3.71. The van der Waals surface area contributed by atoms with E-state index in [0.29, 0.717) is 5.82 Å². The van der Waals surface area contributed by atoms with Crippen molar-refractivity contribution in [3.63, 3.8) is 0 Å². The highest BCUT2D eigenvalue weighted by atomic mass is 15.0. The quantitative estimate of drug-likeness (QED) is 0.599. The van der Waals surface area contributed by atoms with E-state index in [2.05, 4.69) is 10.3 Å². The Morgan fingerprint density at radius 2 is 2.08 bits per heavy atom. The number of nitrogens with two attached hydrogens (primary N) is 1. The van der Waals surface area contributed by atoms with Crippen LogP contribution < -0.4 is 11.1 Å². The molecular formula is C9H9N3. The summed E-state index contributed by atoms with van der Waals surface area (Å²) in [7, 11) is 0. The summed E-state index contributed by atoms with van der Waals surface area (Å²) in [6, 6.07) is 7.87. The van der Waals surface area contributed by atoms with Crippen molar-refractivity contribution in [3.8, 4) is 0 Å². The summed E-state index contributed by atoms with van der Waals surface area (Å²) in [5, 5.41) is 3.04. The molecule has 60 valence electrons. The van der Waals surface area contributed by atoms with E-state index in [-0.39, 0.29) is 0 Å². The Balaban J connectivity index is 2.49. The van der Waals surface area contributed by atoms with Gasteiger partial charge in [-0.15, -0.1) is 0 Å². The number of rotatable bonds is 0. The lowest BCUT2D eigenvalue weighted by Gasteiger charge is -2.05. The lowest BCUT2D eigenvalue weighted by molar-refractivity contribution is 1.29. The Bertz CT molecular complexity index is 353. The molecule has 12 heavy (non-hydrogen) atoms. The number of hydrogen-bond acceptors (Lipinski definition) is 3. The monoisotopic (exact) mass is 159 g/mol. The topological polar surface area (TPSA) is 50.4 Å². The van der Waals surface area contributed by atoms with Crippen LogP contribution in [-0.4, -0.2) is 6.21 Å². The van der Waals surface area contributed by atoms with Crippen molar-refractivity contribution in [3.05, 3.63) is 41.8 Å². The Morgan fingerprint density at radius 1 is 1.25 bits per heavy atom. The van der Waals surface area contributed by atoms with Crippen molar-refractivity contribution in [2.45, 2.75) is 0 Å². The van der Waals surface area contributed by atoms with Crippen molar-refractivity contribution < 1.29 is 0 Å². The van der Waals surface area contributed by atoms with Gasteiger partial charge in [0.1, 0.15) is 5.82 Å². The molecule has 0 aliphatic carbocycles. The molecule has 3 heteroatoms. The third-order valence-electron chi connectivity index (χ3n) is 1.67. The third kappa shape index (κ3) is 1.16. The van der Waals surface area contributed by atoms with E-state index in [9.17, 15) is 0 Å². The second-order valence-corrected chi connectivity index (χ2v) is 2.57. The van der Waals surface area contributed by atoms with Gasteiger partial charge in [-0.25, -0.2) is 0 Å². The lowest BCUT2D eigenvalue weighted by atomic mass is 10.2. The van der Waals surface area contributed by atoms with Crippen LogP contribution in [0.3, 0.4) is 0 Å². The summed E-state index contributed by atoms with van der Waals surface area (Å²) < 4.78 is 0. The summed E-state index contributed by atoms with van der Waals surface area (Å²) in [5.41, 5.74) is 7.63. The smallest absolute Gasteiger partial charge is 0.119 e. The highest BCUT2D eigenvalue weighted by molar-refractivity contribution is 5.89. The zero-order valence-corrected chi connectivity index (χ0v) is 6.49. The fourth-order valence-electron chi connectivity index (χ4n) is 1.11. The zero-order valence-electron chi connectivity index (χ0n) is 6.49. The molecule has 2 rings (SSSR count). The number of nitrogens with zero attached hydrogens (tertiary/aromatic N) is 1. The zero-order chi connectivity index (χ0) is 8.39. The fraction of sp³-hybridized carbons (Fsp3) is 0. The van der Waals surface area contributed by atoms with Gasteiger partial charge in [0.15, 0.2) is 0 Å². The molecule has 0 radical (unpaired) electrons. The maximum atomic E-state index is 5.59. The summed E-state index contributed by atoms with van der Waals surface area (Å²) in [5.74, 6) is 0.566. The Kier molecular flexibility index (Phi) is 1.55. The van der Waals surface area contributed by atoms with Crippen LogP contribution in [0.25, 0.3) is 0 Å². The summed E-state index contributed by atoms with van der Waals surface area (Å²) in [4.78, 5) is 4.02. The maximum Gasteiger partial charge on any atom is 0.119 e. The average Bonchev–Trinajstić information content (AvgIpc) is 2.25. The third-order valence-corrected chi connectivity index (χ3v) is 1.67. The minimum atomic E-state index is 0.566. The first kappa shape index (κ1) is 6.91. The van der Waals surface area contributed by atoms with Gasteiger partial charge in [-0.3, -0.25) is 4.99 Å². The van der Waals surface area contributed by atoms with E-state index in [1.807, 2.05) is 24.3 Å². The van der Waals surface area contributed by atoms with E-state index in [1.54, 1.807) is 12.4 Å². The van der Waals surface area contributed by atoms with E-state index in [0.717, 1.165) is 11.3 Å². The molecule has 1 aliphatic rings. The van der Waals surface area contributed by atoms with Gasteiger partial charge in [0.25, 0.3) is 0 Å². The van der Waals surface area contributed by atoms with Gasteiger partial charge < -0.3 is 11.1 Å². The van der Waals surface area contributed by atoms with Crippen LogP contribution in [0.5, 0.6) is 0 Å². The average molecular weight is 159 g/mol. The van der Waals surface area contributed by atoms with Crippen LogP contribution in [0, 0.1) is 0 Å². The normalized spacial score (nSPS) is 14.2. The molecule has 0 aromatic heterocycles. The van der Waals surface area contributed by atoms with Crippen LogP contribution in [-0.2, 0) is 0 Å². The molecule has 0 amide bonds. The van der Waals surface area contributed by atoms with Gasteiger partial charge in [-0.1, -0.05) is 18.2 Å². The molecule has 1 aromatic rings. The summed E-state index contributed by atoms with van der Waals surface area (Å²) in [6.07, 6.45) is 3.38. The summed E-state index contributed by atoms with van der Waals surface area (Å²) >= 11 is 0. The molecule has 3 nitrogen and oxygen atoms in total. The molecule has 0 spiro atoms. The van der Waals surface area contributed by atoms with E-state index in [4.69, 9.17) is 5.73 Å². The molecule has 0 saturated carbocycles. The van der Waals surface area contributed by atoms with Crippen molar-refractivity contribution in [2.75, 3.05) is 5.32 Å². The minimum absolute atomic E-state index is 0.566. The predicted octanol–water partition coefficient (Wildman–Crippen LogP) is 1.29. The van der Waals surface area contributed by atoms with Gasteiger partial charge in [0.2, 0.25) is 0 Å². The Morgan fingerprint density at radius 3 is 3.00 bits per heavy atom. The molecule has 0 atom stereocenters. The molecule has 1 aliphatic heterocycles. The molecular weight excluding hydrogens is 150 g/mol. The summed E-state index contributed by atoms with van der Waals surface area (Å²) in [6.45, 7) is 0. The van der Waals surface area contributed by atoms with Gasteiger partial charge in [-0.2, -0.15) is 0 Å². The number of benzene rings is 1. The van der Waals surface area contributed by atoms with Gasteiger partial charge in [-0.05, 0) is 6.07 Å². The SMILES string of the molecule is NC1=CN=Cc2ccccc2N1. The Labute approximate surface area is 70.6 Å². The van der Waals surface area contributed by atoms with Crippen molar-refractivity contribution in [1.29, 1.82) is 0 Å². The van der Waals surface area contributed by atoms with Crippen molar-refractivity contribution in [1.82, 2.24) is 0 Å². The number of anilines is 1. The molecule has 0 unspecified atom stereocenters.